The molecule has 0 aliphatic rings. The summed E-state index contributed by atoms with van der Waals surface area (Å²) in [6, 6.07) is 5.82. The van der Waals surface area contributed by atoms with Crippen LogP contribution in [0.4, 0.5) is 11.4 Å². The van der Waals surface area contributed by atoms with Crippen LogP contribution >= 0.6 is 11.3 Å². The lowest BCUT2D eigenvalue weighted by atomic mass is 10.1. The molecule has 0 spiro atoms. The maximum absolute atomic E-state index is 12.1. The minimum atomic E-state index is -0.577. The molecule has 0 aliphatic heterocycles. The van der Waals surface area contributed by atoms with Crippen molar-refractivity contribution >= 4 is 28.6 Å². The minimum absolute atomic E-state index is 0.0196. The monoisotopic (exact) mass is 292 g/mol. The van der Waals surface area contributed by atoms with E-state index in [2.05, 4.69) is 5.32 Å². The van der Waals surface area contributed by atoms with Gasteiger partial charge in [-0.15, -0.1) is 11.3 Å². The normalized spacial score (nSPS) is 10.1. The quantitative estimate of drug-likeness (QED) is 0.677. The van der Waals surface area contributed by atoms with E-state index in [4.69, 9.17) is 4.74 Å². The van der Waals surface area contributed by atoms with Gasteiger partial charge in [0, 0.05) is 16.8 Å². The molecule has 1 aromatic heterocycles. The van der Waals surface area contributed by atoms with Gasteiger partial charge in [-0.3, -0.25) is 14.9 Å². The number of ether oxygens (including phenoxy) is 1. The lowest BCUT2D eigenvalue weighted by Crippen LogP contribution is -2.14. The first-order chi connectivity index (χ1) is 9.63. The van der Waals surface area contributed by atoms with E-state index in [9.17, 15) is 14.9 Å². The molecule has 0 aliphatic carbocycles. The molecule has 0 unspecified atom stereocenters. The van der Waals surface area contributed by atoms with E-state index in [-0.39, 0.29) is 11.3 Å². The summed E-state index contributed by atoms with van der Waals surface area (Å²) in [5, 5.41) is 17.0. The predicted octanol–water partition coefficient (Wildman–Crippen LogP) is 3.31. The highest BCUT2D eigenvalue weighted by molar-refractivity contribution is 7.08. The van der Waals surface area contributed by atoms with Crippen molar-refractivity contribution in [3.63, 3.8) is 0 Å². The third kappa shape index (κ3) is 2.94. The molecule has 0 saturated heterocycles. The Kier molecular flexibility index (Phi) is 4.31. The van der Waals surface area contributed by atoms with Crippen LogP contribution in [-0.4, -0.2) is 17.4 Å². The SMILES string of the molecule is CCOc1cscc1NC(=O)c1ccccc1[N+](=O)[O-]. The Morgan fingerprint density at radius 3 is 2.85 bits per heavy atom. The third-order valence-corrected chi connectivity index (χ3v) is 3.24. The Morgan fingerprint density at radius 2 is 2.15 bits per heavy atom. The van der Waals surface area contributed by atoms with E-state index in [1.165, 1.54) is 29.5 Å². The first-order valence-corrected chi connectivity index (χ1v) is 6.81. The summed E-state index contributed by atoms with van der Waals surface area (Å²) < 4.78 is 5.35. The van der Waals surface area contributed by atoms with Crippen LogP contribution in [0.1, 0.15) is 17.3 Å². The molecular weight excluding hydrogens is 280 g/mol. The van der Waals surface area contributed by atoms with E-state index >= 15 is 0 Å². The highest BCUT2D eigenvalue weighted by Gasteiger charge is 2.20. The average molecular weight is 292 g/mol. The molecule has 0 radical (unpaired) electrons. The molecule has 0 fully saturated rings. The predicted molar refractivity (Wildman–Crippen MR) is 76.5 cm³/mol. The van der Waals surface area contributed by atoms with Gasteiger partial charge in [0.05, 0.1) is 17.2 Å². The maximum atomic E-state index is 12.1. The molecular formula is C13H12N2O4S. The smallest absolute Gasteiger partial charge is 0.282 e. The number of benzene rings is 1. The molecule has 0 saturated carbocycles. The average Bonchev–Trinajstić information content (AvgIpc) is 2.86. The second-order valence-corrected chi connectivity index (χ2v) is 4.55. The summed E-state index contributed by atoms with van der Waals surface area (Å²) >= 11 is 1.38. The first-order valence-electron chi connectivity index (χ1n) is 5.87. The van der Waals surface area contributed by atoms with Gasteiger partial charge in [-0.25, -0.2) is 0 Å². The topological polar surface area (TPSA) is 81.5 Å². The van der Waals surface area contributed by atoms with Crippen molar-refractivity contribution in [2.75, 3.05) is 11.9 Å². The van der Waals surface area contributed by atoms with Crippen LogP contribution in [-0.2, 0) is 0 Å². The summed E-state index contributed by atoms with van der Waals surface area (Å²) in [6.45, 7) is 2.32. The number of nitro groups is 1. The zero-order valence-electron chi connectivity index (χ0n) is 10.7. The number of amides is 1. The van der Waals surface area contributed by atoms with Gasteiger partial charge in [0.2, 0.25) is 0 Å². The Labute approximate surface area is 119 Å². The fourth-order valence-corrected chi connectivity index (χ4v) is 2.36. The van der Waals surface area contributed by atoms with Gasteiger partial charge < -0.3 is 10.1 Å². The second kappa shape index (κ2) is 6.16. The van der Waals surface area contributed by atoms with Gasteiger partial charge in [-0.1, -0.05) is 12.1 Å². The first kappa shape index (κ1) is 14.0. The second-order valence-electron chi connectivity index (χ2n) is 3.81. The van der Waals surface area contributed by atoms with E-state index in [1.54, 1.807) is 16.8 Å². The van der Waals surface area contributed by atoms with Crippen LogP contribution in [0.3, 0.4) is 0 Å². The van der Waals surface area contributed by atoms with Crippen molar-refractivity contribution in [3.05, 3.63) is 50.7 Å². The van der Waals surface area contributed by atoms with Crippen molar-refractivity contribution in [2.45, 2.75) is 6.92 Å². The number of carbonyl (C=O) groups excluding carboxylic acids is 1. The Bertz CT molecular complexity index is 639. The van der Waals surface area contributed by atoms with Crippen LogP contribution < -0.4 is 10.1 Å². The Balaban J connectivity index is 2.24. The molecule has 1 amide bonds. The van der Waals surface area contributed by atoms with Crippen LogP contribution in [0.25, 0.3) is 0 Å². The molecule has 7 heteroatoms. The maximum Gasteiger partial charge on any atom is 0.282 e. The summed E-state index contributed by atoms with van der Waals surface area (Å²) in [5.74, 6) is 0.0288. The lowest BCUT2D eigenvalue weighted by molar-refractivity contribution is -0.385. The summed E-state index contributed by atoms with van der Waals surface area (Å²) in [4.78, 5) is 22.5. The lowest BCUT2D eigenvalue weighted by Gasteiger charge is -2.07. The number of carbonyl (C=O) groups is 1. The third-order valence-electron chi connectivity index (χ3n) is 2.52. The van der Waals surface area contributed by atoms with Crippen LogP contribution in [0, 0.1) is 10.1 Å². The van der Waals surface area contributed by atoms with Crippen LogP contribution in [0.2, 0.25) is 0 Å². The summed E-state index contributed by atoms with van der Waals surface area (Å²) in [6.07, 6.45) is 0. The number of thiophene rings is 1. The highest BCUT2D eigenvalue weighted by Crippen LogP contribution is 2.30. The van der Waals surface area contributed by atoms with Crippen LogP contribution in [0.15, 0.2) is 35.0 Å². The van der Waals surface area contributed by atoms with Gasteiger partial charge in [0.15, 0.2) is 5.75 Å². The van der Waals surface area contributed by atoms with Crippen molar-refractivity contribution in [2.24, 2.45) is 0 Å². The molecule has 0 atom stereocenters. The molecule has 1 heterocycles. The van der Waals surface area contributed by atoms with Gasteiger partial charge >= 0.3 is 0 Å². The van der Waals surface area contributed by atoms with Gasteiger partial charge in [0.1, 0.15) is 5.56 Å². The van der Waals surface area contributed by atoms with Crippen molar-refractivity contribution in [3.8, 4) is 5.75 Å². The zero-order chi connectivity index (χ0) is 14.5. The number of hydrogen-bond acceptors (Lipinski definition) is 5. The molecule has 20 heavy (non-hydrogen) atoms. The number of rotatable bonds is 5. The number of nitro benzene ring substituents is 1. The Morgan fingerprint density at radius 1 is 1.40 bits per heavy atom. The number of anilines is 1. The zero-order valence-corrected chi connectivity index (χ0v) is 11.5. The molecule has 1 aromatic carbocycles. The van der Waals surface area contributed by atoms with E-state index in [0.29, 0.717) is 18.0 Å². The number of nitrogens with one attached hydrogen (secondary N) is 1. The van der Waals surface area contributed by atoms with Crippen LogP contribution in [0.5, 0.6) is 5.75 Å². The number of hydrogen-bond donors (Lipinski definition) is 1. The van der Waals surface area contributed by atoms with E-state index in [0.717, 1.165) is 0 Å². The standard InChI is InChI=1S/C13H12N2O4S/c1-2-19-12-8-20-7-10(12)14-13(16)9-5-3-4-6-11(9)15(17)18/h3-8H,2H2,1H3,(H,14,16). The van der Waals surface area contributed by atoms with Crippen molar-refractivity contribution in [1.29, 1.82) is 0 Å². The molecule has 0 bridgehead atoms. The minimum Gasteiger partial charge on any atom is -0.491 e. The fourth-order valence-electron chi connectivity index (χ4n) is 1.66. The highest BCUT2D eigenvalue weighted by atomic mass is 32.1. The molecule has 2 rings (SSSR count). The molecule has 104 valence electrons. The summed E-state index contributed by atoms with van der Waals surface area (Å²) in [7, 11) is 0. The summed E-state index contributed by atoms with van der Waals surface area (Å²) in [5.41, 5.74) is 0.310. The fraction of sp³-hybridized carbons (Fsp3) is 0.154. The molecule has 6 nitrogen and oxygen atoms in total. The Hall–Kier alpha value is -2.41. The molecule has 2 aromatic rings. The largest absolute Gasteiger partial charge is 0.491 e. The van der Waals surface area contributed by atoms with Crippen molar-refractivity contribution in [1.82, 2.24) is 0 Å². The molecule has 1 N–H and O–H groups in total. The van der Waals surface area contributed by atoms with E-state index < -0.39 is 10.8 Å². The van der Waals surface area contributed by atoms with Gasteiger partial charge in [-0.2, -0.15) is 0 Å². The van der Waals surface area contributed by atoms with Gasteiger partial charge in [0.25, 0.3) is 11.6 Å². The van der Waals surface area contributed by atoms with E-state index in [1.807, 2.05) is 6.92 Å². The van der Waals surface area contributed by atoms with Crippen molar-refractivity contribution < 1.29 is 14.5 Å². The number of nitrogens with zero attached hydrogens (tertiary/aromatic N) is 1. The van der Waals surface area contributed by atoms with Gasteiger partial charge in [-0.05, 0) is 13.0 Å². The number of para-hydroxylation sites is 1.